The maximum absolute atomic E-state index is 14.0. The molecule has 0 spiro atoms. The van der Waals surface area contributed by atoms with Crippen molar-refractivity contribution < 1.29 is 14.4 Å². The molecule has 37 heavy (non-hydrogen) atoms. The van der Waals surface area contributed by atoms with Gasteiger partial charge in [0.2, 0.25) is 5.91 Å². The Morgan fingerprint density at radius 2 is 1.51 bits per heavy atom. The summed E-state index contributed by atoms with van der Waals surface area (Å²) in [4.78, 5) is 40.9. The first kappa shape index (κ1) is 25.6. The molecule has 0 aliphatic heterocycles. The van der Waals surface area contributed by atoms with Crippen molar-refractivity contribution in [1.82, 2.24) is 14.6 Å². The van der Waals surface area contributed by atoms with E-state index in [0.717, 1.165) is 28.2 Å². The average Bonchev–Trinajstić information content (AvgIpc) is 3.30. The van der Waals surface area contributed by atoms with Gasteiger partial charge < -0.3 is 21.7 Å². The smallest absolute Gasteiger partial charge is 0.270 e. The van der Waals surface area contributed by atoms with Crippen LogP contribution in [-0.2, 0) is 17.9 Å². The van der Waals surface area contributed by atoms with Crippen molar-refractivity contribution in [3.8, 4) is 0 Å². The molecule has 1 unspecified atom stereocenters. The van der Waals surface area contributed by atoms with E-state index < -0.39 is 17.9 Å². The summed E-state index contributed by atoms with van der Waals surface area (Å²) in [5.74, 6) is -1.69. The summed E-state index contributed by atoms with van der Waals surface area (Å²) >= 11 is 0.790. The lowest BCUT2D eigenvalue weighted by Gasteiger charge is -2.31. The van der Waals surface area contributed by atoms with Gasteiger partial charge in [0.1, 0.15) is 10.9 Å². The molecule has 0 radical (unpaired) electrons. The molecular formula is C28H27N5O3S. The Kier molecular flexibility index (Phi) is 7.95. The van der Waals surface area contributed by atoms with Crippen LogP contribution in [0.2, 0.25) is 0 Å². The lowest BCUT2D eigenvalue weighted by Crippen LogP contribution is -2.43. The van der Waals surface area contributed by atoms with Crippen molar-refractivity contribution >= 4 is 34.9 Å². The van der Waals surface area contributed by atoms with E-state index in [4.69, 9.17) is 11.5 Å². The van der Waals surface area contributed by atoms with Crippen LogP contribution < -0.4 is 16.8 Å². The van der Waals surface area contributed by atoms with Gasteiger partial charge in [-0.15, -0.1) is 0 Å². The van der Waals surface area contributed by atoms with Gasteiger partial charge in [0, 0.05) is 13.1 Å². The Morgan fingerprint density at radius 3 is 2.08 bits per heavy atom. The number of nitrogens with two attached hydrogens (primary N) is 2. The summed E-state index contributed by atoms with van der Waals surface area (Å²) in [5.41, 5.74) is 14.6. The highest BCUT2D eigenvalue weighted by molar-refractivity contribution is 7.09. The monoisotopic (exact) mass is 513 g/mol. The van der Waals surface area contributed by atoms with Crippen LogP contribution in [0.3, 0.4) is 0 Å². The Labute approximate surface area is 219 Å². The quantitative estimate of drug-likeness (QED) is 0.313. The molecule has 8 nitrogen and oxygen atoms in total. The van der Waals surface area contributed by atoms with E-state index in [2.05, 4.69) is 9.69 Å². The highest BCUT2D eigenvalue weighted by atomic mass is 32.1. The summed E-state index contributed by atoms with van der Waals surface area (Å²) in [7, 11) is 0. The van der Waals surface area contributed by atoms with Gasteiger partial charge in [0.15, 0.2) is 5.69 Å². The number of carbonyl (C=O) groups excluding carboxylic acids is 3. The van der Waals surface area contributed by atoms with Crippen molar-refractivity contribution in [2.45, 2.75) is 26.1 Å². The van der Waals surface area contributed by atoms with Crippen LogP contribution in [0.1, 0.15) is 48.5 Å². The molecule has 0 saturated carbocycles. The average molecular weight is 514 g/mol. The molecule has 4 rings (SSSR count). The number of primary amides is 1. The van der Waals surface area contributed by atoms with Crippen LogP contribution in [0.5, 0.6) is 0 Å². The Balaban J connectivity index is 1.76. The molecule has 0 aliphatic rings. The van der Waals surface area contributed by atoms with Gasteiger partial charge in [-0.25, -0.2) is 0 Å². The van der Waals surface area contributed by atoms with Gasteiger partial charge in [-0.2, -0.15) is 4.37 Å². The number of benzene rings is 3. The Bertz CT molecular complexity index is 1390. The van der Waals surface area contributed by atoms with Gasteiger partial charge in [0.05, 0.1) is 5.69 Å². The number of carbonyl (C=O) groups is 3. The van der Waals surface area contributed by atoms with Gasteiger partial charge in [0.25, 0.3) is 11.8 Å². The van der Waals surface area contributed by atoms with Crippen LogP contribution in [0.15, 0.2) is 84.9 Å². The molecule has 9 heteroatoms. The molecule has 1 atom stereocenters. The van der Waals surface area contributed by atoms with E-state index in [1.807, 2.05) is 91.9 Å². The number of anilines is 1. The van der Waals surface area contributed by atoms with Crippen molar-refractivity contribution in [1.29, 1.82) is 0 Å². The number of hydrogen-bond donors (Lipinski definition) is 3. The SMILES string of the molecule is Cc1ccc(C(C(=O)NCc2ccccc2)N(Cc2ccccc2)C(=O)c2snc(C(N)=O)c2N)cc1. The maximum Gasteiger partial charge on any atom is 0.270 e. The molecule has 0 bridgehead atoms. The van der Waals surface area contributed by atoms with Crippen molar-refractivity contribution in [3.63, 3.8) is 0 Å². The number of nitrogens with zero attached hydrogens (tertiary/aromatic N) is 2. The van der Waals surface area contributed by atoms with E-state index in [-0.39, 0.29) is 28.7 Å². The second kappa shape index (κ2) is 11.5. The minimum Gasteiger partial charge on any atom is -0.395 e. The number of rotatable bonds is 9. The molecule has 0 fully saturated rings. The van der Waals surface area contributed by atoms with E-state index in [1.165, 1.54) is 4.90 Å². The lowest BCUT2D eigenvalue weighted by molar-refractivity contribution is -0.126. The zero-order chi connectivity index (χ0) is 26.4. The minimum absolute atomic E-state index is 0.0534. The minimum atomic E-state index is -0.976. The van der Waals surface area contributed by atoms with Crippen molar-refractivity contribution in [2.24, 2.45) is 5.73 Å². The highest BCUT2D eigenvalue weighted by Gasteiger charge is 2.34. The number of aromatic nitrogens is 1. The Morgan fingerprint density at radius 1 is 0.919 bits per heavy atom. The predicted molar refractivity (Wildman–Crippen MR) is 144 cm³/mol. The third kappa shape index (κ3) is 6.02. The summed E-state index contributed by atoms with van der Waals surface area (Å²) in [6.45, 7) is 2.37. The van der Waals surface area contributed by atoms with Gasteiger partial charge in [-0.05, 0) is 35.1 Å². The first-order valence-electron chi connectivity index (χ1n) is 11.6. The van der Waals surface area contributed by atoms with Crippen LogP contribution >= 0.6 is 11.5 Å². The largest absolute Gasteiger partial charge is 0.395 e. The van der Waals surface area contributed by atoms with E-state index in [9.17, 15) is 14.4 Å². The molecule has 4 aromatic rings. The van der Waals surface area contributed by atoms with E-state index in [1.54, 1.807) is 0 Å². The molecule has 5 N–H and O–H groups in total. The fourth-order valence-corrected chi connectivity index (χ4v) is 4.68. The zero-order valence-electron chi connectivity index (χ0n) is 20.3. The number of aryl methyl sites for hydroxylation is 1. The summed E-state index contributed by atoms with van der Waals surface area (Å²) in [5, 5.41) is 2.97. The Hall–Kier alpha value is -4.50. The highest BCUT2D eigenvalue weighted by Crippen LogP contribution is 2.30. The van der Waals surface area contributed by atoms with Crippen molar-refractivity contribution in [3.05, 3.63) is 118 Å². The number of amides is 3. The van der Waals surface area contributed by atoms with Crippen LogP contribution in [0.4, 0.5) is 5.69 Å². The van der Waals surface area contributed by atoms with E-state index in [0.29, 0.717) is 12.1 Å². The topological polar surface area (TPSA) is 131 Å². The molecule has 1 heterocycles. The molecule has 3 amide bonds. The lowest BCUT2D eigenvalue weighted by atomic mass is 10.0. The molecule has 1 aromatic heterocycles. The van der Waals surface area contributed by atoms with Gasteiger partial charge in [-0.3, -0.25) is 14.4 Å². The first-order valence-corrected chi connectivity index (χ1v) is 12.4. The van der Waals surface area contributed by atoms with Crippen LogP contribution in [-0.4, -0.2) is 27.0 Å². The van der Waals surface area contributed by atoms with Crippen LogP contribution in [0.25, 0.3) is 0 Å². The summed E-state index contributed by atoms with van der Waals surface area (Å²) in [6, 6.07) is 25.3. The normalized spacial score (nSPS) is 11.5. The fourth-order valence-electron chi connectivity index (χ4n) is 3.92. The zero-order valence-corrected chi connectivity index (χ0v) is 21.1. The molecule has 3 aromatic carbocycles. The van der Waals surface area contributed by atoms with E-state index >= 15 is 0 Å². The molecule has 188 valence electrons. The third-order valence-electron chi connectivity index (χ3n) is 5.87. The fraction of sp³-hybridized carbons (Fsp3) is 0.143. The molecule has 0 saturated heterocycles. The van der Waals surface area contributed by atoms with Gasteiger partial charge >= 0.3 is 0 Å². The van der Waals surface area contributed by atoms with Crippen molar-refractivity contribution in [2.75, 3.05) is 5.73 Å². The number of hydrogen-bond acceptors (Lipinski definition) is 6. The van der Waals surface area contributed by atoms with Crippen LogP contribution in [0, 0.1) is 6.92 Å². The second-order valence-electron chi connectivity index (χ2n) is 8.57. The summed E-state index contributed by atoms with van der Waals surface area (Å²) in [6.07, 6.45) is 0. The first-order chi connectivity index (χ1) is 17.8. The predicted octanol–water partition coefficient (Wildman–Crippen LogP) is 3.83. The number of nitrogen functional groups attached to an aromatic ring is 1. The third-order valence-corrected chi connectivity index (χ3v) is 6.73. The molecular weight excluding hydrogens is 486 g/mol. The second-order valence-corrected chi connectivity index (χ2v) is 9.35. The molecule has 0 aliphatic carbocycles. The summed E-state index contributed by atoms with van der Waals surface area (Å²) < 4.78 is 3.98. The number of nitrogens with one attached hydrogen (secondary N) is 1. The maximum atomic E-state index is 14.0. The standard InChI is InChI=1S/C28H27N5O3S/c1-18-12-14-21(15-13-18)24(27(35)31-16-19-8-4-2-5-9-19)33(17-20-10-6-3-7-11-20)28(36)25-22(29)23(26(30)34)32-37-25/h2-15,24H,16-17,29H2,1H3,(H2,30,34)(H,31,35). The van der Waals surface area contributed by atoms with Gasteiger partial charge in [-0.1, -0.05) is 90.5 Å².